The maximum Gasteiger partial charge on any atom is 0.488 e. The van der Waals surface area contributed by atoms with Crippen molar-refractivity contribution in [2.24, 2.45) is 10.8 Å². The van der Waals surface area contributed by atoms with Crippen molar-refractivity contribution in [1.29, 1.82) is 5.41 Å². The number of Topliss-reactive ketones (excluding diaryl/α,β-unsaturated/α-hetero) is 2. The van der Waals surface area contributed by atoms with Gasteiger partial charge in [-0.05, 0) is 162 Å². The maximum atomic E-state index is 12.2. The van der Waals surface area contributed by atoms with E-state index in [1.807, 2.05) is 149 Å². The van der Waals surface area contributed by atoms with Crippen LogP contribution in [0.5, 0.6) is 0 Å². The van der Waals surface area contributed by atoms with Crippen LogP contribution in [0.1, 0.15) is 71.1 Å². The van der Waals surface area contributed by atoms with Crippen LogP contribution in [0.25, 0.3) is 73.6 Å². The minimum Gasteiger partial charge on any atom is -0.423 e. The highest BCUT2D eigenvalue weighted by atomic mass is 79.9. The zero-order chi connectivity index (χ0) is 86.6. The molecule has 0 aliphatic rings. The molecular weight excluding hydrogens is 1670 g/mol. The summed E-state index contributed by atoms with van der Waals surface area (Å²) in [5.74, 6) is 0.655. The fourth-order valence-electron chi connectivity index (χ4n) is 10.5. The molecule has 15 aromatic rings. The fraction of sp³-hybridized carbons (Fsp3) is 0.115. The van der Waals surface area contributed by atoms with Crippen LogP contribution in [0.15, 0.2) is 274 Å². The molecule has 8 heterocycles. The number of thiophene rings is 2. The van der Waals surface area contributed by atoms with Crippen LogP contribution < -0.4 is 11.2 Å². The van der Waals surface area contributed by atoms with E-state index in [0.29, 0.717) is 96.1 Å². The van der Waals surface area contributed by atoms with Crippen LogP contribution in [-0.4, -0.2) is 112 Å². The van der Waals surface area contributed by atoms with E-state index in [0.717, 1.165) is 78.4 Å². The number of carbonyl (C=O) groups is 2. The van der Waals surface area contributed by atoms with E-state index in [1.165, 1.54) is 34.8 Å². The van der Waals surface area contributed by atoms with E-state index in [1.54, 1.807) is 161 Å². The van der Waals surface area contributed by atoms with E-state index >= 15 is 0 Å². The monoisotopic (exact) mass is 1740 g/mol. The van der Waals surface area contributed by atoms with Crippen molar-refractivity contribution < 1.29 is 19.6 Å². The molecule has 0 radical (unpaired) electrons. The lowest BCUT2D eigenvalue weighted by Crippen LogP contribution is -2.29. The second kappa shape index (κ2) is 46.3. The number of nitrogens with zero attached hydrogens (tertiary/aromatic N) is 22. The van der Waals surface area contributed by atoms with Gasteiger partial charge in [0.25, 0.3) is 0 Å². The van der Waals surface area contributed by atoms with Crippen molar-refractivity contribution in [2.45, 2.75) is 51.0 Å². The third-order valence-corrected chi connectivity index (χ3v) is 20.2. The number of hydrogen-bond acceptors (Lipinski definition) is 15. The summed E-state index contributed by atoms with van der Waals surface area (Å²) in [6.07, 6.45) is 24.1. The van der Waals surface area contributed by atoms with Gasteiger partial charge in [-0.1, -0.05) is 129 Å². The van der Waals surface area contributed by atoms with Crippen LogP contribution in [0.4, 0.5) is 34.1 Å². The molecule has 0 amide bonds. The Bertz CT molecular complexity index is 6150. The second-order valence-corrected chi connectivity index (χ2v) is 29.7. The average molecular weight is 1740 g/mol. The Kier molecular flexibility index (Phi) is 34.5. The van der Waals surface area contributed by atoms with E-state index in [2.05, 4.69) is 85.6 Å². The van der Waals surface area contributed by atoms with Gasteiger partial charge < -0.3 is 20.7 Å². The molecule has 15 rings (SSSR count). The van der Waals surface area contributed by atoms with Gasteiger partial charge >= 0.3 is 7.12 Å². The van der Waals surface area contributed by atoms with Crippen molar-refractivity contribution in [2.75, 3.05) is 14.1 Å². The van der Waals surface area contributed by atoms with E-state index in [9.17, 15) is 9.59 Å². The van der Waals surface area contributed by atoms with Crippen LogP contribution >= 0.6 is 61.8 Å². The number of hydrogen-bond donors (Lipinski definition) is 4. The summed E-state index contributed by atoms with van der Waals surface area (Å²) in [7, 11) is 2.25. The molecule has 28 nitrogen and oxygen atoms in total. The molecule has 600 valence electrons. The van der Waals surface area contributed by atoms with Crippen molar-refractivity contribution in [3.05, 3.63) is 405 Å². The van der Waals surface area contributed by atoms with Gasteiger partial charge in [0.15, 0.2) is 45.7 Å². The van der Waals surface area contributed by atoms with Gasteiger partial charge in [0.2, 0.25) is 0 Å². The van der Waals surface area contributed by atoms with Crippen molar-refractivity contribution in [1.82, 2.24) is 63.6 Å². The molecule has 8 aromatic heterocycles. The quantitative estimate of drug-likeness (QED) is 0.00637. The minimum absolute atomic E-state index is 0.0936. The Labute approximate surface area is 724 Å². The van der Waals surface area contributed by atoms with Crippen molar-refractivity contribution in [3.63, 3.8) is 0 Å². The number of ketones is 2. The van der Waals surface area contributed by atoms with Crippen molar-refractivity contribution >= 4 is 126 Å². The summed E-state index contributed by atoms with van der Waals surface area (Å²) in [5, 5.41) is 55.0. The Morgan fingerprint density at radius 2 is 0.760 bits per heavy atom. The molecule has 0 spiro atoms. The first-order valence-corrected chi connectivity index (χ1v) is 39.8. The van der Waals surface area contributed by atoms with Gasteiger partial charge in [-0.3, -0.25) is 15.0 Å². The molecule has 0 fully saturated rings. The first-order valence-electron chi connectivity index (χ1n) is 36.3. The number of halogens is 3. The number of azide groups is 1. The molecule has 121 heavy (non-hydrogen) atoms. The highest BCUT2D eigenvalue weighted by molar-refractivity contribution is 9.08. The summed E-state index contributed by atoms with van der Waals surface area (Å²) in [5.41, 5.74) is 30.2. The fourth-order valence-corrected chi connectivity index (χ4v) is 12.8. The number of nitrogens with two attached hydrogens (primary N) is 1. The Balaban J connectivity index is 0.000000163. The standard InChI is InChI=1S/C19H19ClN4OS.C17H12ClN3OS.C11H8BrN3.C11H8N6.C11H10N4.C11H9N3.C7H6BNO2/c1-23(2)19(21)14-4-6-15(7-5-14)24-12-13(11-22-24)3-8-16(25)17-9-10-18(20)26-17;1-19-13-3-5-14(6-4-13)21-11-12(10-20-21)2-7-15(22)16-8-9-17(18)23-16;1-13-10-2-4-11(5-3-10)15-8-9(6-12)7-14-15;1-13-10-2-4-11(5-3-10)17-8-9(7-15-17)6-14-16-12;1-13-10-2-4-11(5-3-10)15-8-9(6-12)7-14-15;1-9-7-13-14(8-9)11-5-3-10(12-2)4-6-11;1-9-7-4-2-6(3-5-7)8(10)11/h4-7,9-12,21H,3,8H2,1-2H3;3-6,8-11H,2,7H2;2-5,7-8H,6H2;2-5,7-8H,6H2;2-5,7-8H,6,12H2;3-8H,1H3;2-5,10-11H. The first-order chi connectivity index (χ1) is 58.6. The molecule has 0 aliphatic heterocycles. The third-order valence-electron chi connectivity index (χ3n) is 17.0. The molecule has 0 saturated heterocycles. The number of carbonyl (C=O) groups excluding carboxylic acids is 2. The molecule has 0 bridgehead atoms. The number of benzene rings is 7. The predicted octanol–water partition coefficient (Wildman–Crippen LogP) is 20.3. The van der Waals surface area contributed by atoms with Gasteiger partial charge in [-0.2, -0.15) is 30.6 Å². The van der Waals surface area contributed by atoms with Crippen LogP contribution in [0.2, 0.25) is 8.67 Å². The highest BCUT2D eigenvalue weighted by Crippen LogP contribution is 2.27. The molecule has 7 aromatic carbocycles. The Morgan fingerprint density at radius 3 is 1.04 bits per heavy atom. The number of aromatic nitrogens is 12. The normalized spacial score (nSPS) is 9.98. The summed E-state index contributed by atoms with van der Waals surface area (Å²) in [6.45, 7) is 43.7. The average Bonchev–Trinajstić information content (AvgIpc) is 1.78. The Morgan fingerprint density at radius 1 is 0.463 bits per heavy atom. The zero-order valence-corrected chi connectivity index (χ0v) is 69.7. The van der Waals surface area contributed by atoms with E-state index < -0.39 is 7.12 Å². The predicted molar refractivity (Wildman–Crippen MR) is 478 cm³/mol. The molecule has 0 atom stereocenters. The van der Waals surface area contributed by atoms with E-state index in [-0.39, 0.29) is 18.1 Å². The largest absolute Gasteiger partial charge is 0.488 e. The summed E-state index contributed by atoms with van der Waals surface area (Å²) >= 11 is 17.7. The van der Waals surface area contributed by atoms with E-state index in [4.69, 9.17) is 89.4 Å². The number of amidine groups is 1. The molecule has 0 aliphatic carbocycles. The highest BCUT2D eigenvalue weighted by Gasteiger charge is 2.15. The van der Waals surface area contributed by atoms with Gasteiger partial charge in [0.05, 0.1) is 136 Å². The molecular formula is C87H72BBrCl2N24O4S2. The lowest BCUT2D eigenvalue weighted by Gasteiger charge is -2.13. The lowest BCUT2D eigenvalue weighted by atomic mass is 9.80. The smallest absolute Gasteiger partial charge is 0.423 e. The van der Waals surface area contributed by atoms with Crippen LogP contribution in [0.3, 0.4) is 0 Å². The topological polar surface area (TPSA) is 310 Å². The third kappa shape index (κ3) is 27.7. The molecule has 0 unspecified atom stereocenters. The van der Waals surface area contributed by atoms with Crippen LogP contribution in [-0.2, 0) is 31.3 Å². The summed E-state index contributed by atoms with van der Waals surface area (Å²) in [4.78, 5) is 49.9. The van der Waals surface area contributed by atoms with Gasteiger partial charge in [-0.15, -0.1) is 22.7 Å². The summed E-state index contributed by atoms with van der Waals surface area (Å²) in [6, 6.07) is 57.1. The second-order valence-electron chi connectivity index (χ2n) is 25.7. The summed E-state index contributed by atoms with van der Waals surface area (Å²) < 4.78 is 11.8. The van der Waals surface area contributed by atoms with Crippen LogP contribution in [0, 0.1) is 51.8 Å². The SMILES string of the molecule is CN(C)C(=N)c1ccc(-n2cc(CCC(=O)c3ccc(Cl)s3)cn2)cc1.[C-]#[N+]c1ccc(-n2cc(C)cn2)cc1.[C-]#[N+]c1ccc(-n2cc(CBr)cn2)cc1.[C-]#[N+]c1ccc(-n2cc(CCC(=O)c3ccc(Cl)s3)cn2)cc1.[C-]#[N+]c1ccc(-n2cc(CN)cn2)cc1.[C-]#[N+]c1ccc(-n2cc(CN=[N+]=[N-])cn2)cc1.[C-]#[N+]c1ccc(B(O)O)cc1. The molecule has 0 saturated carbocycles. The first kappa shape index (κ1) is 90.2. The minimum atomic E-state index is -1.45. The molecule has 5 N–H and O–H groups in total. The lowest BCUT2D eigenvalue weighted by molar-refractivity contribution is 0.0978. The maximum absolute atomic E-state index is 12.2. The Hall–Kier alpha value is -14.7. The van der Waals surface area contributed by atoms with Crippen molar-refractivity contribution in [3.8, 4) is 34.1 Å². The zero-order valence-electron chi connectivity index (χ0n) is 65.0. The van der Waals surface area contributed by atoms with Gasteiger partial charge in [0, 0.05) is 97.6 Å². The number of nitrogens with one attached hydrogen (secondary N) is 1. The van der Waals surface area contributed by atoms with Gasteiger partial charge in [-0.25, -0.2) is 57.2 Å². The number of rotatable bonds is 20. The number of alkyl halides is 1. The van der Waals surface area contributed by atoms with Gasteiger partial charge in [0.1, 0.15) is 5.84 Å². The molecule has 34 heteroatoms. The number of aryl methyl sites for hydroxylation is 3.